The molecule has 3 rings (SSSR count). The summed E-state index contributed by atoms with van der Waals surface area (Å²) in [6.07, 6.45) is 0.910. The van der Waals surface area contributed by atoms with Crippen molar-refractivity contribution in [1.29, 1.82) is 5.26 Å². The van der Waals surface area contributed by atoms with Crippen molar-refractivity contribution in [3.05, 3.63) is 57.3 Å². The molecule has 1 amide bonds. The van der Waals surface area contributed by atoms with Gasteiger partial charge < -0.3 is 4.90 Å². The van der Waals surface area contributed by atoms with E-state index >= 15 is 0 Å². The lowest BCUT2D eigenvalue weighted by Crippen LogP contribution is -2.36. The predicted molar refractivity (Wildman–Crippen MR) is 73.9 cm³/mol. The van der Waals surface area contributed by atoms with Gasteiger partial charge in [0.05, 0.1) is 17.2 Å². The maximum absolute atomic E-state index is 12.3. The first-order valence-corrected chi connectivity index (χ1v) is 7.01. The first-order valence-electron chi connectivity index (χ1n) is 6.13. The van der Waals surface area contributed by atoms with Gasteiger partial charge in [0.2, 0.25) is 0 Å². The summed E-state index contributed by atoms with van der Waals surface area (Å²) in [4.78, 5) is 15.3. The van der Waals surface area contributed by atoms with Crippen LogP contribution in [0.5, 0.6) is 0 Å². The molecular weight excluding hydrogens is 256 g/mol. The van der Waals surface area contributed by atoms with E-state index in [9.17, 15) is 4.79 Å². The summed E-state index contributed by atoms with van der Waals surface area (Å²) in [7, 11) is 0. The van der Waals surface area contributed by atoms with Gasteiger partial charge in [-0.3, -0.25) is 4.79 Å². The number of rotatable bonds is 2. The molecule has 0 saturated carbocycles. The zero-order chi connectivity index (χ0) is 13.2. The summed E-state index contributed by atoms with van der Waals surface area (Å²) in [6.45, 7) is 1.24. The van der Waals surface area contributed by atoms with Crippen molar-refractivity contribution in [1.82, 2.24) is 4.90 Å². The molecule has 0 saturated heterocycles. The number of hydrogen-bond acceptors (Lipinski definition) is 3. The first-order chi connectivity index (χ1) is 9.29. The molecule has 1 aliphatic heterocycles. The lowest BCUT2D eigenvalue weighted by atomic mass is 10.0. The standard InChI is InChI=1S/C15H12N2OS/c16-9-11-3-1-2-4-12(11)10-17-7-5-14-13(15(17)18)6-8-19-14/h1-4,6,8H,5,7,10H2. The number of carbonyl (C=O) groups excluding carboxylic acids is 1. The van der Waals surface area contributed by atoms with Crippen molar-refractivity contribution < 1.29 is 4.79 Å². The second kappa shape index (κ2) is 4.87. The Bertz CT molecular complexity index is 669. The fourth-order valence-corrected chi connectivity index (χ4v) is 3.22. The fraction of sp³-hybridized carbons (Fsp3) is 0.200. The van der Waals surface area contributed by atoms with E-state index < -0.39 is 0 Å². The van der Waals surface area contributed by atoms with Gasteiger partial charge in [-0.1, -0.05) is 18.2 Å². The quantitative estimate of drug-likeness (QED) is 0.840. The molecule has 0 atom stereocenters. The van der Waals surface area contributed by atoms with Gasteiger partial charge in [-0.15, -0.1) is 11.3 Å². The van der Waals surface area contributed by atoms with Crippen molar-refractivity contribution in [3.63, 3.8) is 0 Å². The van der Waals surface area contributed by atoms with Crippen LogP contribution in [0.4, 0.5) is 0 Å². The normalized spacial score (nSPS) is 14.1. The van der Waals surface area contributed by atoms with Crippen LogP contribution in [0.25, 0.3) is 0 Å². The molecule has 3 nitrogen and oxygen atoms in total. The van der Waals surface area contributed by atoms with E-state index in [1.165, 1.54) is 4.88 Å². The molecule has 2 aromatic rings. The van der Waals surface area contributed by atoms with E-state index in [0.717, 1.165) is 24.1 Å². The maximum atomic E-state index is 12.3. The topological polar surface area (TPSA) is 44.1 Å². The van der Waals surface area contributed by atoms with Crippen molar-refractivity contribution in [3.8, 4) is 6.07 Å². The van der Waals surface area contributed by atoms with Crippen LogP contribution in [0.3, 0.4) is 0 Å². The molecular formula is C15H12N2OS. The summed E-state index contributed by atoms with van der Waals surface area (Å²) in [5.41, 5.74) is 2.38. The average Bonchev–Trinajstić information content (AvgIpc) is 2.92. The molecule has 0 fully saturated rings. The zero-order valence-corrected chi connectivity index (χ0v) is 11.1. The van der Waals surface area contributed by atoms with Crippen LogP contribution in [-0.4, -0.2) is 17.4 Å². The Kier molecular flexibility index (Phi) is 3.06. The van der Waals surface area contributed by atoms with Gasteiger partial charge >= 0.3 is 0 Å². The van der Waals surface area contributed by atoms with E-state index in [0.29, 0.717) is 12.1 Å². The number of benzene rings is 1. The van der Waals surface area contributed by atoms with E-state index in [1.54, 1.807) is 17.4 Å². The lowest BCUT2D eigenvalue weighted by molar-refractivity contribution is 0.0729. The second-order valence-electron chi connectivity index (χ2n) is 4.50. The number of nitriles is 1. The van der Waals surface area contributed by atoms with Crippen molar-refractivity contribution >= 4 is 17.2 Å². The third kappa shape index (κ3) is 2.13. The van der Waals surface area contributed by atoms with Gasteiger partial charge in [-0.25, -0.2) is 0 Å². The van der Waals surface area contributed by atoms with Gasteiger partial charge in [0.25, 0.3) is 5.91 Å². The van der Waals surface area contributed by atoms with E-state index in [-0.39, 0.29) is 5.91 Å². The number of carbonyl (C=O) groups is 1. The highest BCUT2D eigenvalue weighted by molar-refractivity contribution is 7.10. The van der Waals surface area contributed by atoms with Gasteiger partial charge in [0, 0.05) is 24.4 Å². The number of fused-ring (bicyclic) bond motifs is 1. The van der Waals surface area contributed by atoms with Crippen molar-refractivity contribution in [2.45, 2.75) is 13.0 Å². The second-order valence-corrected chi connectivity index (χ2v) is 5.50. The third-order valence-corrected chi connectivity index (χ3v) is 4.35. The minimum atomic E-state index is 0.0789. The van der Waals surface area contributed by atoms with Gasteiger partial charge in [0.15, 0.2) is 0 Å². The van der Waals surface area contributed by atoms with Crippen LogP contribution in [0.15, 0.2) is 35.7 Å². The summed E-state index contributed by atoms with van der Waals surface area (Å²) in [5, 5.41) is 11.1. The minimum Gasteiger partial charge on any atom is -0.334 e. The van der Waals surface area contributed by atoms with Crippen LogP contribution in [0.1, 0.15) is 26.4 Å². The van der Waals surface area contributed by atoms with Gasteiger partial charge in [0.1, 0.15) is 0 Å². The Balaban J connectivity index is 1.86. The monoisotopic (exact) mass is 268 g/mol. The molecule has 2 heterocycles. The van der Waals surface area contributed by atoms with Crippen LogP contribution in [0.2, 0.25) is 0 Å². The molecule has 1 aromatic heterocycles. The molecule has 1 aliphatic rings. The Morgan fingerprint density at radius 3 is 3.00 bits per heavy atom. The Labute approximate surface area is 115 Å². The molecule has 4 heteroatoms. The molecule has 94 valence electrons. The number of thiophene rings is 1. The van der Waals surface area contributed by atoms with Gasteiger partial charge in [-0.2, -0.15) is 5.26 Å². The third-order valence-electron chi connectivity index (χ3n) is 3.37. The molecule has 19 heavy (non-hydrogen) atoms. The van der Waals surface area contributed by atoms with Crippen molar-refractivity contribution in [2.75, 3.05) is 6.54 Å². The summed E-state index contributed by atoms with van der Waals surface area (Å²) < 4.78 is 0. The first kappa shape index (κ1) is 11.9. The predicted octanol–water partition coefficient (Wildman–Crippen LogP) is 2.82. The smallest absolute Gasteiger partial charge is 0.255 e. The molecule has 0 bridgehead atoms. The van der Waals surface area contributed by atoms with Crippen molar-refractivity contribution in [2.24, 2.45) is 0 Å². The van der Waals surface area contributed by atoms with Gasteiger partial charge in [-0.05, 0) is 23.1 Å². The Morgan fingerprint density at radius 1 is 1.32 bits per heavy atom. The molecule has 0 N–H and O–H groups in total. The minimum absolute atomic E-state index is 0.0789. The van der Waals surface area contributed by atoms with E-state index in [1.807, 2.05) is 34.5 Å². The Morgan fingerprint density at radius 2 is 2.16 bits per heavy atom. The highest BCUT2D eigenvalue weighted by atomic mass is 32.1. The lowest BCUT2D eigenvalue weighted by Gasteiger charge is -2.27. The fourth-order valence-electron chi connectivity index (χ4n) is 2.36. The number of nitrogens with zero attached hydrogens (tertiary/aromatic N) is 2. The largest absolute Gasteiger partial charge is 0.334 e. The van der Waals surface area contributed by atoms with E-state index in [4.69, 9.17) is 5.26 Å². The van der Waals surface area contributed by atoms with Crippen LogP contribution < -0.4 is 0 Å². The van der Waals surface area contributed by atoms with Crippen LogP contribution in [-0.2, 0) is 13.0 Å². The summed E-state index contributed by atoms with van der Waals surface area (Å²) in [5.74, 6) is 0.0789. The SMILES string of the molecule is N#Cc1ccccc1CN1CCc2sccc2C1=O. The number of amides is 1. The highest BCUT2D eigenvalue weighted by Crippen LogP contribution is 2.25. The van der Waals surface area contributed by atoms with Crippen LogP contribution >= 0.6 is 11.3 Å². The molecule has 0 unspecified atom stereocenters. The Hall–Kier alpha value is -2.12. The molecule has 0 aliphatic carbocycles. The summed E-state index contributed by atoms with van der Waals surface area (Å²) in [6, 6.07) is 11.5. The molecule has 1 aromatic carbocycles. The number of hydrogen-bond donors (Lipinski definition) is 0. The maximum Gasteiger partial charge on any atom is 0.255 e. The highest BCUT2D eigenvalue weighted by Gasteiger charge is 2.25. The van der Waals surface area contributed by atoms with E-state index in [2.05, 4.69) is 6.07 Å². The molecule has 0 spiro atoms. The average molecular weight is 268 g/mol. The zero-order valence-electron chi connectivity index (χ0n) is 10.3. The molecule has 0 radical (unpaired) electrons. The summed E-state index contributed by atoms with van der Waals surface area (Å²) >= 11 is 1.65. The van der Waals surface area contributed by atoms with Crippen LogP contribution in [0, 0.1) is 11.3 Å².